The molecule has 0 bridgehead atoms. The predicted octanol–water partition coefficient (Wildman–Crippen LogP) is 27.3. The summed E-state index contributed by atoms with van der Waals surface area (Å²) >= 11 is 0. The van der Waals surface area contributed by atoms with Crippen molar-refractivity contribution in [2.75, 3.05) is 0 Å². The summed E-state index contributed by atoms with van der Waals surface area (Å²) in [7, 11) is 0. The van der Waals surface area contributed by atoms with Gasteiger partial charge in [-0.1, -0.05) is 416 Å². The van der Waals surface area contributed by atoms with Gasteiger partial charge in [-0.15, -0.1) is 0 Å². The van der Waals surface area contributed by atoms with Crippen LogP contribution in [0.5, 0.6) is 0 Å². The molecule has 0 aliphatic rings. The maximum Gasteiger partial charge on any atom is -0.0533 e. The fourth-order valence-electron chi connectivity index (χ4n) is 5.15. The lowest BCUT2D eigenvalue weighted by atomic mass is 10.1. The predicted molar refractivity (Wildman–Crippen MR) is 314 cm³/mol. The zero-order valence-electron chi connectivity index (χ0n) is 49.7. The van der Waals surface area contributed by atoms with Gasteiger partial charge < -0.3 is 0 Å². The maximum absolute atomic E-state index is 2.26. The molecule has 0 radical (unpaired) electrons. The van der Waals surface area contributed by atoms with E-state index in [1.54, 1.807) is 0 Å². The SMILES string of the molecule is C.CCCC.CCCC.CCCCC.CCCCC.CCCCC.CCCCCCC.CCCCCCCC.CCCCCCCC.CCCCCCCC.CCCCCCCC. The van der Waals surface area contributed by atoms with Gasteiger partial charge in [-0.05, 0) is 0 Å². The molecule has 0 heteroatoms. The summed E-state index contributed by atoms with van der Waals surface area (Å²) in [5, 5.41) is 0. The van der Waals surface area contributed by atoms with E-state index in [0.717, 1.165) is 0 Å². The lowest BCUT2D eigenvalue weighted by Gasteiger charge is -1.93. The third-order valence-corrected chi connectivity index (χ3v) is 10.2. The first-order valence-corrected chi connectivity index (χ1v) is 30.1. The Balaban J connectivity index is -0.0000000534. The van der Waals surface area contributed by atoms with Crippen LogP contribution in [0.4, 0.5) is 0 Å². The van der Waals surface area contributed by atoms with Gasteiger partial charge in [0.1, 0.15) is 0 Å². The van der Waals surface area contributed by atoms with Gasteiger partial charge in [0.15, 0.2) is 0 Å². The number of rotatable bonds is 32. The molecule has 0 amide bonds. The van der Waals surface area contributed by atoms with Crippen molar-refractivity contribution in [3.8, 4) is 0 Å². The first-order valence-electron chi connectivity index (χ1n) is 30.1. The molecule has 0 aliphatic heterocycles. The Morgan fingerprint density at radius 3 is 0.222 bits per heavy atom. The zero-order valence-corrected chi connectivity index (χ0v) is 49.7. The normalized spacial score (nSPS) is 8.95. The molecule has 0 unspecified atom stereocenters. The fraction of sp³-hybridized carbons (Fsp3) is 1.00. The average Bonchev–Trinajstić information content (AvgIpc) is 3.30. The fourth-order valence-corrected chi connectivity index (χ4v) is 5.15. The number of hydrogen-bond acceptors (Lipinski definition) is 0. The molecule has 0 saturated heterocycles. The van der Waals surface area contributed by atoms with Crippen molar-refractivity contribution in [3.63, 3.8) is 0 Å². The van der Waals surface area contributed by atoms with Gasteiger partial charge in [-0.3, -0.25) is 0 Å². The van der Waals surface area contributed by atoms with Crippen LogP contribution >= 0.6 is 0 Å². The smallest absolute Gasteiger partial charge is 0.0533 e. The highest BCUT2D eigenvalue weighted by molar-refractivity contribution is 4.42. The minimum Gasteiger partial charge on any atom is -0.0776 e. The first-order chi connectivity index (χ1) is 30.1. The molecule has 0 nitrogen and oxygen atoms in total. The number of unbranched alkanes of at least 4 members (excludes halogenated alkanes) is 32. The Morgan fingerprint density at radius 1 is 0.0952 bits per heavy atom. The highest BCUT2D eigenvalue weighted by Gasteiger charge is 1.86. The lowest BCUT2D eigenvalue weighted by Crippen LogP contribution is -1.73. The molecule has 0 atom stereocenters. The summed E-state index contributed by atoms with van der Waals surface area (Å²) in [5.41, 5.74) is 0. The van der Waals surface area contributed by atoms with Crippen LogP contribution in [0.2, 0.25) is 0 Å². The van der Waals surface area contributed by atoms with Crippen molar-refractivity contribution < 1.29 is 0 Å². The summed E-state index contributed by atoms with van der Waals surface area (Å²) < 4.78 is 0. The van der Waals surface area contributed by atoms with E-state index < -0.39 is 0 Å². The second kappa shape index (κ2) is 131. The van der Waals surface area contributed by atoms with Crippen molar-refractivity contribution in [1.82, 2.24) is 0 Å². The monoisotopic (exact) mass is 905 g/mol. The van der Waals surface area contributed by atoms with Crippen LogP contribution < -0.4 is 0 Å². The van der Waals surface area contributed by atoms with E-state index >= 15 is 0 Å². The Hall–Kier alpha value is 0. The van der Waals surface area contributed by atoms with Crippen LogP contribution in [0.3, 0.4) is 0 Å². The van der Waals surface area contributed by atoms with Gasteiger partial charge in [0.05, 0.1) is 0 Å². The maximum atomic E-state index is 2.26. The molecule has 0 aromatic heterocycles. The molecule has 0 aromatic carbocycles. The highest BCUT2D eigenvalue weighted by atomic mass is 13.9. The molecular weight excluding hydrogens is 757 g/mol. The van der Waals surface area contributed by atoms with Crippen LogP contribution in [-0.4, -0.2) is 0 Å². The van der Waals surface area contributed by atoms with E-state index in [9.17, 15) is 0 Å². The van der Waals surface area contributed by atoms with E-state index in [-0.39, 0.29) is 7.43 Å². The molecule has 0 aliphatic carbocycles. The van der Waals surface area contributed by atoms with Crippen LogP contribution in [-0.2, 0) is 0 Å². The molecule has 0 saturated carbocycles. The molecule has 0 heterocycles. The molecular formula is C63H148. The summed E-state index contributed by atoms with van der Waals surface area (Å²) in [6.45, 7) is 44.5. The largest absolute Gasteiger partial charge is 0.0776 e. The molecule has 63 heavy (non-hydrogen) atoms. The summed E-state index contributed by atoms with van der Waals surface area (Å²) in [5.74, 6) is 0. The van der Waals surface area contributed by atoms with Crippen molar-refractivity contribution >= 4 is 0 Å². The molecule has 0 fully saturated rings. The summed E-state index contributed by atoms with van der Waals surface area (Å²) in [6.07, 6.45) is 58.5. The van der Waals surface area contributed by atoms with E-state index in [1.165, 1.54) is 270 Å². The van der Waals surface area contributed by atoms with Crippen LogP contribution in [0, 0.1) is 0 Å². The first kappa shape index (κ1) is 89.6. The third-order valence-electron chi connectivity index (χ3n) is 10.2. The van der Waals surface area contributed by atoms with Crippen LogP contribution in [0.15, 0.2) is 0 Å². The van der Waals surface area contributed by atoms with Gasteiger partial charge in [0.25, 0.3) is 0 Å². The van der Waals surface area contributed by atoms with Gasteiger partial charge in [-0.2, -0.15) is 0 Å². The zero-order chi connectivity index (χ0) is 49.7. The van der Waals surface area contributed by atoms with E-state index in [2.05, 4.69) is 138 Å². The topological polar surface area (TPSA) is 0 Å². The van der Waals surface area contributed by atoms with Gasteiger partial charge in [0.2, 0.25) is 0 Å². The van der Waals surface area contributed by atoms with E-state index in [1.807, 2.05) is 0 Å². The van der Waals surface area contributed by atoms with Gasteiger partial charge in [0, 0.05) is 0 Å². The van der Waals surface area contributed by atoms with Gasteiger partial charge >= 0.3 is 0 Å². The second-order valence-electron chi connectivity index (χ2n) is 17.8. The summed E-state index contributed by atoms with van der Waals surface area (Å²) in [6, 6.07) is 0. The minimum absolute atomic E-state index is 0. The van der Waals surface area contributed by atoms with Crippen LogP contribution in [0.1, 0.15) is 416 Å². The highest BCUT2D eigenvalue weighted by Crippen LogP contribution is 2.06. The Kier molecular flexibility index (Phi) is 186. The second-order valence-corrected chi connectivity index (χ2v) is 17.8. The molecule has 400 valence electrons. The standard InChI is InChI=1S/4C8H18.C7H16.3C5H12.2C4H10.CH4/c4*1-3-5-7-8-6-4-2;1-3-5-7-6-4-2;3*1-3-5-4-2;2*1-3-4-2;/h4*3-8H2,1-2H3;3-7H2,1-2H3;3*3-5H2,1-2H3;2*3-4H2,1-2H3;1H4. The Morgan fingerprint density at radius 2 is 0.175 bits per heavy atom. The Bertz CT molecular complexity index is 349. The number of hydrogen-bond donors (Lipinski definition) is 0. The van der Waals surface area contributed by atoms with Crippen molar-refractivity contribution in [3.05, 3.63) is 0 Å². The molecule has 0 spiro atoms. The quantitative estimate of drug-likeness (QED) is 0.0590. The van der Waals surface area contributed by atoms with Crippen LogP contribution in [0.25, 0.3) is 0 Å². The Labute approximate surface area is 413 Å². The average molecular weight is 906 g/mol. The third kappa shape index (κ3) is 218. The van der Waals surface area contributed by atoms with Gasteiger partial charge in [-0.25, -0.2) is 0 Å². The van der Waals surface area contributed by atoms with Crippen molar-refractivity contribution in [1.29, 1.82) is 0 Å². The summed E-state index contributed by atoms with van der Waals surface area (Å²) in [4.78, 5) is 0. The van der Waals surface area contributed by atoms with Crippen molar-refractivity contribution in [2.45, 2.75) is 416 Å². The lowest BCUT2D eigenvalue weighted by molar-refractivity contribution is 0.624. The van der Waals surface area contributed by atoms with E-state index in [0.29, 0.717) is 0 Å². The molecule has 0 rings (SSSR count). The van der Waals surface area contributed by atoms with Crippen molar-refractivity contribution in [2.24, 2.45) is 0 Å². The van der Waals surface area contributed by atoms with E-state index in [4.69, 9.17) is 0 Å². The molecule has 0 N–H and O–H groups in total. The minimum atomic E-state index is 0. The molecule has 0 aromatic rings.